The molecule has 0 bridgehead atoms. The van der Waals surface area contributed by atoms with Gasteiger partial charge in [-0.25, -0.2) is 13.1 Å². The maximum atomic E-state index is 12.0. The largest absolute Gasteiger partial charge is 0.373 e. The predicted molar refractivity (Wildman–Crippen MR) is 86.2 cm³/mol. The van der Waals surface area contributed by atoms with Gasteiger partial charge in [0.15, 0.2) is 0 Å². The maximum absolute atomic E-state index is 12.0. The first-order valence-electron chi connectivity index (χ1n) is 7.57. The number of hydrogen-bond acceptors (Lipinski definition) is 4. The first-order valence-corrected chi connectivity index (χ1v) is 9.05. The molecule has 1 saturated heterocycles. The van der Waals surface area contributed by atoms with Gasteiger partial charge in [-0.1, -0.05) is 6.92 Å². The second kappa shape index (κ2) is 7.24. The smallest absolute Gasteiger partial charge is 0.240 e. The van der Waals surface area contributed by atoms with E-state index in [-0.39, 0.29) is 0 Å². The van der Waals surface area contributed by atoms with Crippen LogP contribution in [0.1, 0.15) is 26.2 Å². The van der Waals surface area contributed by atoms with Crippen molar-refractivity contribution < 1.29 is 8.42 Å². The van der Waals surface area contributed by atoms with Crippen LogP contribution in [-0.2, 0) is 10.0 Å². The molecule has 0 amide bonds. The van der Waals surface area contributed by atoms with Crippen molar-refractivity contribution in [1.29, 1.82) is 0 Å². The summed E-state index contributed by atoms with van der Waals surface area (Å²) < 4.78 is 26.6. The summed E-state index contributed by atoms with van der Waals surface area (Å²) in [6.07, 6.45) is 3.23. The molecule has 6 heteroatoms. The summed E-state index contributed by atoms with van der Waals surface area (Å²) in [5.41, 5.74) is 1.04. The van der Waals surface area contributed by atoms with Crippen molar-refractivity contribution in [3.05, 3.63) is 24.3 Å². The third-order valence-corrected chi connectivity index (χ3v) is 5.26. The number of benzene rings is 1. The van der Waals surface area contributed by atoms with Gasteiger partial charge < -0.3 is 10.2 Å². The van der Waals surface area contributed by atoms with E-state index in [2.05, 4.69) is 14.9 Å². The normalized spacial score (nSPS) is 18.9. The molecule has 0 saturated carbocycles. The zero-order chi connectivity index (χ0) is 15.3. The number of likely N-dealkylation sites (N-methyl/N-ethyl adjacent to an activating group) is 1. The third-order valence-electron chi connectivity index (χ3n) is 3.79. The molecule has 1 aliphatic heterocycles. The van der Waals surface area contributed by atoms with E-state index in [1.54, 1.807) is 12.1 Å². The van der Waals surface area contributed by atoms with E-state index in [9.17, 15) is 8.42 Å². The Hall–Kier alpha value is -1.11. The number of anilines is 1. The van der Waals surface area contributed by atoms with Gasteiger partial charge in [0.25, 0.3) is 0 Å². The molecule has 0 radical (unpaired) electrons. The lowest BCUT2D eigenvalue weighted by molar-refractivity contribution is 0.580. The Bertz CT molecular complexity index is 537. The predicted octanol–water partition coefficient (Wildman–Crippen LogP) is 1.56. The van der Waals surface area contributed by atoms with E-state index in [0.717, 1.165) is 25.2 Å². The highest BCUT2D eigenvalue weighted by atomic mass is 32.2. The Labute approximate surface area is 127 Å². The van der Waals surface area contributed by atoms with E-state index >= 15 is 0 Å². The summed E-state index contributed by atoms with van der Waals surface area (Å²) in [7, 11) is -1.33. The fraction of sp³-hybridized carbons (Fsp3) is 0.600. The van der Waals surface area contributed by atoms with Crippen LogP contribution in [0.5, 0.6) is 0 Å². The summed E-state index contributed by atoms with van der Waals surface area (Å²) >= 11 is 0. The minimum Gasteiger partial charge on any atom is -0.373 e. The summed E-state index contributed by atoms with van der Waals surface area (Å²) in [6.45, 7) is 4.45. The third kappa shape index (κ3) is 4.43. The molecule has 2 rings (SSSR count). The van der Waals surface area contributed by atoms with Crippen molar-refractivity contribution in [2.24, 2.45) is 0 Å². The van der Waals surface area contributed by atoms with Crippen molar-refractivity contribution in [2.45, 2.75) is 37.1 Å². The van der Waals surface area contributed by atoms with E-state index in [0.29, 0.717) is 17.5 Å². The van der Waals surface area contributed by atoms with E-state index in [4.69, 9.17) is 0 Å². The van der Waals surface area contributed by atoms with Crippen LogP contribution in [0.4, 0.5) is 5.69 Å². The van der Waals surface area contributed by atoms with Crippen LogP contribution in [0.3, 0.4) is 0 Å². The molecule has 0 aliphatic carbocycles. The molecule has 1 aromatic rings. The SMILES string of the molecule is CCCNS(=O)(=O)c1ccc(N(C)CC2CCCN2)cc1. The molecule has 21 heavy (non-hydrogen) atoms. The van der Waals surface area contributed by atoms with Gasteiger partial charge in [-0.2, -0.15) is 0 Å². The quantitative estimate of drug-likeness (QED) is 0.802. The lowest BCUT2D eigenvalue weighted by Crippen LogP contribution is -2.35. The highest BCUT2D eigenvalue weighted by molar-refractivity contribution is 7.89. The van der Waals surface area contributed by atoms with E-state index in [1.165, 1.54) is 12.8 Å². The van der Waals surface area contributed by atoms with Gasteiger partial charge in [-0.05, 0) is 50.1 Å². The second-order valence-electron chi connectivity index (χ2n) is 5.57. The molecule has 0 spiro atoms. The first-order chi connectivity index (χ1) is 10.0. The van der Waals surface area contributed by atoms with Crippen molar-refractivity contribution in [2.75, 3.05) is 31.6 Å². The molecule has 0 aromatic heterocycles. The van der Waals surface area contributed by atoms with Crippen LogP contribution in [0, 0.1) is 0 Å². The topological polar surface area (TPSA) is 61.4 Å². The van der Waals surface area contributed by atoms with Gasteiger partial charge in [0, 0.05) is 31.9 Å². The molecule has 1 unspecified atom stereocenters. The van der Waals surface area contributed by atoms with Gasteiger partial charge >= 0.3 is 0 Å². The fourth-order valence-electron chi connectivity index (χ4n) is 2.55. The van der Waals surface area contributed by atoms with Gasteiger partial charge in [0.2, 0.25) is 10.0 Å². The average Bonchev–Trinajstić information content (AvgIpc) is 2.98. The zero-order valence-electron chi connectivity index (χ0n) is 12.8. The van der Waals surface area contributed by atoms with Gasteiger partial charge in [0.05, 0.1) is 4.90 Å². The number of hydrogen-bond donors (Lipinski definition) is 2. The van der Waals surface area contributed by atoms with Crippen LogP contribution in [-0.4, -0.2) is 41.1 Å². The maximum Gasteiger partial charge on any atom is 0.240 e. The Balaban J connectivity index is 2.00. The fourth-order valence-corrected chi connectivity index (χ4v) is 3.68. The van der Waals surface area contributed by atoms with Crippen molar-refractivity contribution in [1.82, 2.24) is 10.0 Å². The average molecular weight is 311 g/mol. The van der Waals surface area contributed by atoms with Crippen molar-refractivity contribution >= 4 is 15.7 Å². The van der Waals surface area contributed by atoms with Crippen LogP contribution in [0.25, 0.3) is 0 Å². The van der Waals surface area contributed by atoms with Crippen LogP contribution < -0.4 is 14.9 Å². The summed E-state index contributed by atoms with van der Waals surface area (Å²) in [5.74, 6) is 0. The second-order valence-corrected chi connectivity index (χ2v) is 7.33. The van der Waals surface area contributed by atoms with Gasteiger partial charge in [-0.3, -0.25) is 0 Å². The standard InChI is InChI=1S/C15H25N3O2S/c1-3-10-17-21(19,20)15-8-6-14(7-9-15)18(2)12-13-5-4-11-16-13/h6-9,13,16-17H,3-5,10-12H2,1-2H3. The molecule has 1 atom stereocenters. The Morgan fingerprint density at radius 3 is 2.62 bits per heavy atom. The number of nitrogens with zero attached hydrogens (tertiary/aromatic N) is 1. The lowest BCUT2D eigenvalue weighted by Gasteiger charge is -2.23. The first kappa shape index (κ1) is 16.3. The van der Waals surface area contributed by atoms with Crippen LogP contribution >= 0.6 is 0 Å². The molecule has 118 valence electrons. The molecule has 1 aliphatic rings. The molecule has 1 heterocycles. The van der Waals surface area contributed by atoms with E-state index in [1.807, 2.05) is 26.1 Å². The summed E-state index contributed by atoms with van der Waals surface area (Å²) in [6, 6.07) is 7.62. The highest BCUT2D eigenvalue weighted by Gasteiger charge is 2.17. The summed E-state index contributed by atoms with van der Waals surface area (Å²) in [4.78, 5) is 2.49. The van der Waals surface area contributed by atoms with Gasteiger partial charge in [0.1, 0.15) is 0 Å². The monoisotopic (exact) mass is 311 g/mol. The highest BCUT2D eigenvalue weighted by Crippen LogP contribution is 2.18. The van der Waals surface area contributed by atoms with E-state index < -0.39 is 10.0 Å². The van der Waals surface area contributed by atoms with Gasteiger partial charge in [-0.15, -0.1) is 0 Å². The lowest BCUT2D eigenvalue weighted by atomic mass is 10.2. The number of nitrogens with one attached hydrogen (secondary N) is 2. The zero-order valence-corrected chi connectivity index (χ0v) is 13.6. The van der Waals surface area contributed by atoms with Crippen LogP contribution in [0.2, 0.25) is 0 Å². The number of rotatable bonds is 7. The molecule has 1 aromatic carbocycles. The van der Waals surface area contributed by atoms with Crippen molar-refractivity contribution in [3.63, 3.8) is 0 Å². The molecular weight excluding hydrogens is 286 g/mol. The Kier molecular flexibility index (Phi) is 5.61. The molecule has 5 nitrogen and oxygen atoms in total. The van der Waals surface area contributed by atoms with Crippen molar-refractivity contribution in [3.8, 4) is 0 Å². The molecule has 1 fully saturated rings. The minimum absolute atomic E-state index is 0.326. The Morgan fingerprint density at radius 1 is 1.33 bits per heavy atom. The Morgan fingerprint density at radius 2 is 2.05 bits per heavy atom. The summed E-state index contributed by atoms with van der Waals surface area (Å²) in [5, 5.41) is 3.47. The van der Waals surface area contributed by atoms with Crippen LogP contribution in [0.15, 0.2) is 29.2 Å². The molecule has 2 N–H and O–H groups in total. The minimum atomic E-state index is -3.37. The molecular formula is C15H25N3O2S. The number of sulfonamides is 1.